The Bertz CT molecular complexity index is 801. The van der Waals surface area contributed by atoms with Gasteiger partial charge in [-0.3, -0.25) is 9.36 Å². The average Bonchev–Trinajstić information content (AvgIpc) is 2.44. The average molecular weight is 394 g/mol. The van der Waals surface area contributed by atoms with Crippen molar-refractivity contribution in [3.8, 4) is 0 Å². The number of aromatic nitrogens is 3. The first-order chi connectivity index (χ1) is 10.3. The first-order valence-electron chi connectivity index (χ1n) is 6.64. The molecule has 1 fully saturated rings. The van der Waals surface area contributed by atoms with E-state index in [0.29, 0.717) is 15.9 Å². The fourth-order valence-corrected chi connectivity index (χ4v) is 3.29. The third-order valence-corrected chi connectivity index (χ3v) is 4.51. The summed E-state index contributed by atoms with van der Waals surface area (Å²) in [4.78, 5) is 22.6. The minimum absolute atomic E-state index is 0.146. The van der Waals surface area contributed by atoms with Crippen molar-refractivity contribution in [3.63, 3.8) is 0 Å². The standard InChI is InChI=1S/C13H12BrClF2N4O/c1-20-11(22)10-9(7(14)6-8(15)18-10)19-12(20)21-4-2-13(16,17)3-5-21/h6H,2-5H2,1H3. The molecule has 0 N–H and O–H groups in total. The third-order valence-electron chi connectivity index (χ3n) is 3.71. The number of piperidine rings is 1. The van der Waals surface area contributed by atoms with Crippen LogP contribution in [0.25, 0.3) is 11.0 Å². The van der Waals surface area contributed by atoms with E-state index in [9.17, 15) is 13.6 Å². The number of anilines is 1. The van der Waals surface area contributed by atoms with Crippen molar-refractivity contribution in [2.75, 3.05) is 18.0 Å². The molecule has 0 unspecified atom stereocenters. The van der Waals surface area contributed by atoms with Crippen LogP contribution >= 0.6 is 27.5 Å². The maximum Gasteiger partial charge on any atom is 0.281 e. The van der Waals surface area contributed by atoms with Gasteiger partial charge in [0.25, 0.3) is 11.5 Å². The van der Waals surface area contributed by atoms with Crippen LogP contribution in [0.2, 0.25) is 5.15 Å². The molecule has 0 radical (unpaired) electrons. The predicted molar refractivity (Wildman–Crippen MR) is 83.9 cm³/mol. The fourth-order valence-electron chi connectivity index (χ4n) is 2.47. The molecule has 3 heterocycles. The lowest BCUT2D eigenvalue weighted by Crippen LogP contribution is -2.42. The minimum Gasteiger partial charge on any atom is -0.342 e. The van der Waals surface area contributed by atoms with Crippen LogP contribution in [-0.4, -0.2) is 33.5 Å². The summed E-state index contributed by atoms with van der Waals surface area (Å²) in [6, 6.07) is 1.55. The van der Waals surface area contributed by atoms with Crippen LogP contribution in [-0.2, 0) is 7.05 Å². The number of nitrogens with zero attached hydrogens (tertiary/aromatic N) is 4. The SMILES string of the molecule is Cn1c(N2CCC(F)(F)CC2)nc2c(Br)cc(Cl)nc2c1=O. The molecular weight excluding hydrogens is 382 g/mol. The van der Waals surface area contributed by atoms with Gasteiger partial charge in [0, 0.05) is 37.5 Å². The Balaban J connectivity index is 2.12. The van der Waals surface area contributed by atoms with Gasteiger partial charge in [-0.1, -0.05) is 11.6 Å². The van der Waals surface area contributed by atoms with Crippen LogP contribution in [0.5, 0.6) is 0 Å². The molecule has 1 aliphatic heterocycles. The highest BCUT2D eigenvalue weighted by atomic mass is 79.9. The van der Waals surface area contributed by atoms with Crippen LogP contribution in [0, 0.1) is 0 Å². The van der Waals surface area contributed by atoms with E-state index in [0.717, 1.165) is 0 Å². The maximum atomic E-state index is 13.3. The summed E-state index contributed by atoms with van der Waals surface area (Å²) >= 11 is 9.17. The van der Waals surface area contributed by atoms with Gasteiger partial charge in [-0.25, -0.2) is 18.7 Å². The Labute approximate surface area is 138 Å². The van der Waals surface area contributed by atoms with Gasteiger partial charge in [-0.05, 0) is 22.0 Å². The topological polar surface area (TPSA) is 51.0 Å². The van der Waals surface area contributed by atoms with Crippen molar-refractivity contribution in [3.05, 3.63) is 26.0 Å². The summed E-state index contributed by atoms with van der Waals surface area (Å²) in [5.74, 6) is -2.29. The predicted octanol–water partition coefficient (Wildman–Crippen LogP) is 2.98. The molecule has 9 heteroatoms. The van der Waals surface area contributed by atoms with Crippen LogP contribution < -0.4 is 10.5 Å². The van der Waals surface area contributed by atoms with Gasteiger partial charge >= 0.3 is 0 Å². The van der Waals surface area contributed by atoms with Gasteiger partial charge < -0.3 is 4.90 Å². The molecule has 1 aliphatic rings. The highest BCUT2D eigenvalue weighted by Gasteiger charge is 2.35. The molecule has 0 aromatic carbocycles. The van der Waals surface area contributed by atoms with Gasteiger partial charge in [0.15, 0.2) is 5.52 Å². The smallest absolute Gasteiger partial charge is 0.281 e. The largest absolute Gasteiger partial charge is 0.342 e. The second-order valence-electron chi connectivity index (χ2n) is 5.24. The van der Waals surface area contributed by atoms with E-state index in [1.807, 2.05) is 0 Å². The lowest BCUT2D eigenvalue weighted by atomic mass is 10.1. The summed E-state index contributed by atoms with van der Waals surface area (Å²) in [5.41, 5.74) is 0.160. The van der Waals surface area contributed by atoms with E-state index in [1.54, 1.807) is 18.0 Å². The zero-order chi connectivity index (χ0) is 16.1. The molecule has 0 aliphatic carbocycles. The molecule has 5 nitrogen and oxygen atoms in total. The molecule has 0 bridgehead atoms. The molecule has 0 atom stereocenters. The van der Waals surface area contributed by atoms with Crippen LogP contribution in [0.1, 0.15) is 12.8 Å². The summed E-state index contributed by atoms with van der Waals surface area (Å²) in [5, 5.41) is 0.184. The first-order valence-corrected chi connectivity index (χ1v) is 7.81. The van der Waals surface area contributed by atoms with Crippen LogP contribution in [0.4, 0.5) is 14.7 Å². The maximum absolute atomic E-state index is 13.3. The highest BCUT2D eigenvalue weighted by Crippen LogP contribution is 2.30. The highest BCUT2D eigenvalue weighted by molar-refractivity contribution is 9.10. The van der Waals surface area contributed by atoms with Crippen molar-refractivity contribution in [2.24, 2.45) is 7.05 Å². The minimum atomic E-state index is -2.65. The van der Waals surface area contributed by atoms with Gasteiger partial charge in [0.05, 0.1) is 0 Å². The van der Waals surface area contributed by atoms with E-state index in [1.165, 1.54) is 4.57 Å². The number of fused-ring (bicyclic) bond motifs is 1. The number of hydrogen-bond acceptors (Lipinski definition) is 4. The molecular formula is C13H12BrClF2N4O. The normalized spacial score (nSPS) is 18.0. The number of alkyl halides is 2. The lowest BCUT2D eigenvalue weighted by molar-refractivity contribution is -0.0223. The monoisotopic (exact) mass is 392 g/mol. The van der Waals surface area contributed by atoms with Gasteiger partial charge in [-0.2, -0.15) is 0 Å². The molecule has 0 spiro atoms. The van der Waals surface area contributed by atoms with Crippen molar-refractivity contribution in [2.45, 2.75) is 18.8 Å². The molecule has 22 heavy (non-hydrogen) atoms. The zero-order valence-corrected chi connectivity index (χ0v) is 14.0. The van der Waals surface area contributed by atoms with E-state index in [2.05, 4.69) is 25.9 Å². The van der Waals surface area contributed by atoms with Crippen molar-refractivity contribution in [1.29, 1.82) is 0 Å². The van der Waals surface area contributed by atoms with Crippen molar-refractivity contribution in [1.82, 2.24) is 14.5 Å². The molecule has 3 rings (SSSR count). The number of rotatable bonds is 1. The summed E-state index contributed by atoms with van der Waals surface area (Å²) in [6.07, 6.45) is -0.498. The first kappa shape index (κ1) is 15.6. The molecule has 1 saturated heterocycles. The molecule has 118 valence electrons. The molecule has 2 aromatic heterocycles. The Hall–Kier alpha value is -1.28. The molecule has 2 aromatic rings. The van der Waals surface area contributed by atoms with E-state index >= 15 is 0 Å². The van der Waals surface area contributed by atoms with Crippen molar-refractivity contribution < 1.29 is 8.78 Å². The van der Waals surface area contributed by atoms with Gasteiger partial charge in [0.1, 0.15) is 10.7 Å². The van der Waals surface area contributed by atoms with E-state index in [-0.39, 0.29) is 42.2 Å². The quantitative estimate of drug-likeness (QED) is 0.699. The number of halogens is 4. The van der Waals surface area contributed by atoms with Gasteiger partial charge in [0.2, 0.25) is 5.95 Å². The Morgan fingerprint density at radius 3 is 2.55 bits per heavy atom. The Kier molecular flexibility index (Phi) is 3.84. The Morgan fingerprint density at radius 2 is 1.91 bits per heavy atom. The lowest BCUT2D eigenvalue weighted by Gasteiger charge is -2.33. The molecule has 0 saturated carbocycles. The number of hydrogen-bond donors (Lipinski definition) is 0. The second-order valence-corrected chi connectivity index (χ2v) is 6.48. The summed E-state index contributed by atoms with van der Waals surface area (Å²) in [6.45, 7) is 0.300. The fraction of sp³-hybridized carbons (Fsp3) is 0.462. The second kappa shape index (κ2) is 5.42. The summed E-state index contributed by atoms with van der Waals surface area (Å²) in [7, 11) is 1.55. The van der Waals surface area contributed by atoms with Crippen LogP contribution in [0.3, 0.4) is 0 Å². The zero-order valence-electron chi connectivity index (χ0n) is 11.6. The number of pyridine rings is 1. The summed E-state index contributed by atoms with van der Waals surface area (Å²) < 4.78 is 28.4. The van der Waals surface area contributed by atoms with E-state index < -0.39 is 5.92 Å². The van der Waals surface area contributed by atoms with Crippen molar-refractivity contribution >= 4 is 44.5 Å². The molecule has 0 amide bonds. The Morgan fingerprint density at radius 1 is 1.27 bits per heavy atom. The van der Waals surface area contributed by atoms with Gasteiger partial charge in [-0.15, -0.1) is 0 Å². The van der Waals surface area contributed by atoms with E-state index in [4.69, 9.17) is 11.6 Å². The third kappa shape index (κ3) is 2.69. The van der Waals surface area contributed by atoms with Crippen LogP contribution in [0.15, 0.2) is 15.3 Å².